The standard InChI is InChI=1S/C19H19FN4O2/c20-14-4-2-5-16(9-14)26-12-15(10-21)23-19(25)24-18-6-1-3-13-11-22-8-7-17(13)18/h1-9,11,15H,10,12,21H2,(H2,23,24,25). The summed E-state index contributed by atoms with van der Waals surface area (Å²) in [6.45, 7) is 0.315. The normalized spacial score (nSPS) is 11.8. The number of amides is 2. The summed E-state index contributed by atoms with van der Waals surface area (Å²) in [5.41, 5.74) is 6.36. The first-order valence-corrected chi connectivity index (χ1v) is 8.14. The third-order valence-corrected chi connectivity index (χ3v) is 3.80. The predicted octanol–water partition coefficient (Wildman–Crippen LogP) is 2.90. The number of ether oxygens (including phenoxy) is 1. The minimum absolute atomic E-state index is 0.132. The van der Waals surface area contributed by atoms with Crippen LogP contribution in [0.5, 0.6) is 5.75 Å². The van der Waals surface area contributed by atoms with Gasteiger partial charge in [0.1, 0.15) is 18.2 Å². The Bertz CT molecular complexity index is 898. The van der Waals surface area contributed by atoms with Gasteiger partial charge in [0.05, 0.1) is 11.7 Å². The fourth-order valence-corrected chi connectivity index (χ4v) is 2.50. The van der Waals surface area contributed by atoms with Gasteiger partial charge in [0.15, 0.2) is 0 Å². The highest BCUT2D eigenvalue weighted by Gasteiger charge is 2.13. The summed E-state index contributed by atoms with van der Waals surface area (Å²) in [6.07, 6.45) is 3.40. The summed E-state index contributed by atoms with van der Waals surface area (Å²) in [5, 5.41) is 7.38. The number of hydrogen-bond donors (Lipinski definition) is 3. The maximum absolute atomic E-state index is 13.2. The van der Waals surface area contributed by atoms with E-state index in [9.17, 15) is 9.18 Å². The zero-order valence-electron chi connectivity index (χ0n) is 14.0. The number of rotatable bonds is 6. The van der Waals surface area contributed by atoms with Gasteiger partial charge in [0.25, 0.3) is 0 Å². The Hall–Kier alpha value is -3.19. The van der Waals surface area contributed by atoms with Gasteiger partial charge < -0.3 is 21.1 Å². The van der Waals surface area contributed by atoms with Gasteiger partial charge in [-0.1, -0.05) is 18.2 Å². The zero-order valence-corrected chi connectivity index (χ0v) is 14.0. The molecule has 7 heteroatoms. The molecule has 134 valence electrons. The van der Waals surface area contributed by atoms with Crippen LogP contribution >= 0.6 is 0 Å². The van der Waals surface area contributed by atoms with Gasteiger partial charge in [0.2, 0.25) is 0 Å². The summed E-state index contributed by atoms with van der Waals surface area (Å²) in [5.74, 6) is -0.00448. The van der Waals surface area contributed by atoms with Crippen LogP contribution in [0.25, 0.3) is 10.8 Å². The van der Waals surface area contributed by atoms with Crippen LogP contribution in [0.4, 0.5) is 14.9 Å². The number of nitrogens with two attached hydrogens (primary N) is 1. The summed E-state index contributed by atoms with van der Waals surface area (Å²) >= 11 is 0. The number of halogens is 1. The Balaban J connectivity index is 1.60. The number of carbonyl (C=O) groups excluding carboxylic acids is 1. The molecular formula is C19H19FN4O2. The SMILES string of the molecule is NCC(COc1cccc(F)c1)NC(=O)Nc1cccc2cnccc12. The van der Waals surface area contributed by atoms with E-state index in [1.54, 1.807) is 24.5 Å². The van der Waals surface area contributed by atoms with Crippen molar-refractivity contribution >= 4 is 22.5 Å². The van der Waals surface area contributed by atoms with E-state index in [0.717, 1.165) is 10.8 Å². The van der Waals surface area contributed by atoms with Crippen LogP contribution in [0.2, 0.25) is 0 Å². The van der Waals surface area contributed by atoms with Gasteiger partial charge in [-0.3, -0.25) is 4.98 Å². The van der Waals surface area contributed by atoms with Gasteiger partial charge in [-0.05, 0) is 24.3 Å². The minimum Gasteiger partial charge on any atom is -0.491 e. The lowest BCUT2D eigenvalue weighted by atomic mass is 10.1. The van der Waals surface area contributed by atoms with Crippen molar-refractivity contribution in [3.05, 3.63) is 66.7 Å². The Morgan fingerprint density at radius 2 is 2.08 bits per heavy atom. The van der Waals surface area contributed by atoms with Gasteiger partial charge in [-0.25, -0.2) is 9.18 Å². The number of nitrogens with one attached hydrogen (secondary N) is 2. The molecule has 3 aromatic rings. The molecule has 0 saturated heterocycles. The highest BCUT2D eigenvalue weighted by molar-refractivity contribution is 6.01. The molecule has 26 heavy (non-hydrogen) atoms. The monoisotopic (exact) mass is 354 g/mol. The molecule has 4 N–H and O–H groups in total. The molecule has 3 rings (SSSR count). The van der Waals surface area contributed by atoms with Gasteiger partial charge in [-0.15, -0.1) is 0 Å². The molecule has 1 atom stereocenters. The van der Waals surface area contributed by atoms with Gasteiger partial charge >= 0.3 is 6.03 Å². The Labute approximate surface area is 150 Å². The van der Waals surface area contributed by atoms with Crippen molar-refractivity contribution in [3.8, 4) is 5.75 Å². The number of nitrogens with zero attached hydrogens (tertiary/aromatic N) is 1. The highest BCUT2D eigenvalue weighted by Crippen LogP contribution is 2.22. The van der Waals surface area contributed by atoms with Crippen molar-refractivity contribution in [2.75, 3.05) is 18.5 Å². The second-order valence-corrected chi connectivity index (χ2v) is 5.70. The fraction of sp³-hybridized carbons (Fsp3) is 0.158. The van der Waals surface area contributed by atoms with Crippen molar-refractivity contribution in [1.82, 2.24) is 10.3 Å². The Morgan fingerprint density at radius 1 is 1.23 bits per heavy atom. The Morgan fingerprint density at radius 3 is 2.88 bits per heavy atom. The summed E-state index contributed by atoms with van der Waals surface area (Å²) < 4.78 is 18.7. The minimum atomic E-state index is -0.421. The molecule has 0 bridgehead atoms. The molecule has 1 aromatic heterocycles. The van der Waals surface area contributed by atoms with Gasteiger partial charge in [-0.2, -0.15) is 0 Å². The van der Waals surface area contributed by atoms with Crippen LogP contribution in [0, 0.1) is 5.82 Å². The van der Waals surface area contributed by atoms with E-state index in [4.69, 9.17) is 10.5 Å². The van der Waals surface area contributed by atoms with Crippen LogP contribution in [0.1, 0.15) is 0 Å². The molecule has 6 nitrogen and oxygen atoms in total. The molecule has 0 aliphatic heterocycles. The van der Waals surface area contributed by atoms with Crippen molar-refractivity contribution in [2.45, 2.75) is 6.04 Å². The molecule has 0 fully saturated rings. The summed E-state index contributed by atoms with van der Waals surface area (Å²) in [4.78, 5) is 16.3. The summed E-state index contributed by atoms with van der Waals surface area (Å²) in [7, 11) is 0. The molecule has 2 amide bonds. The Kier molecular flexibility index (Phi) is 5.60. The first kappa shape index (κ1) is 17.6. The van der Waals surface area contributed by atoms with Crippen molar-refractivity contribution in [3.63, 3.8) is 0 Å². The van der Waals surface area contributed by atoms with Crippen LogP contribution in [0.15, 0.2) is 60.9 Å². The number of hydrogen-bond acceptors (Lipinski definition) is 4. The second-order valence-electron chi connectivity index (χ2n) is 5.70. The average Bonchev–Trinajstić information content (AvgIpc) is 2.65. The first-order chi connectivity index (χ1) is 12.7. The first-order valence-electron chi connectivity index (χ1n) is 8.14. The molecule has 0 spiro atoms. The smallest absolute Gasteiger partial charge is 0.319 e. The number of pyridine rings is 1. The second kappa shape index (κ2) is 8.26. The van der Waals surface area contributed by atoms with E-state index in [2.05, 4.69) is 15.6 Å². The lowest BCUT2D eigenvalue weighted by Gasteiger charge is -2.18. The number of anilines is 1. The lowest BCUT2D eigenvalue weighted by molar-refractivity contribution is 0.234. The quantitative estimate of drug-likeness (QED) is 0.635. The number of urea groups is 1. The molecular weight excluding hydrogens is 335 g/mol. The van der Waals surface area contributed by atoms with Crippen molar-refractivity contribution in [2.24, 2.45) is 5.73 Å². The van der Waals surface area contributed by atoms with E-state index >= 15 is 0 Å². The fourth-order valence-electron chi connectivity index (χ4n) is 2.50. The number of aromatic nitrogens is 1. The number of benzene rings is 2. The van der Waals surface area contributed by atoms with E-state index in [0.29, 0.717) is 11.4 Å². The number of carbonyl (C=O) groups is 1. The molecule has 0 radical (unpaired) electrons. The average molecular weight is 354 g/mol. The van der Waals surface area contributed by atoms with Gasteiger partial charge in [0, 0.05) is 35.8 Å². The number of fused-ring (bicyclic) bond motifs is 1. The maximum atomic E-state index is 13.2. The zero-order chi connectivity index (χ0) is 18.4. The summed E-state index contributed by atoms with van der Waals surface area (Å²) in [6, 6.07) is 12.4. The highest BCUT2D eigenvalue weighted by atomic mass is 19.1. The third kappa shape index (κ3) is 4.46. The molecule has 1 heterocycles. The van der Waals surface area contributed by atoms with Crippen molar-refractivity contribution < 1.29 is 13.9 Å². The topological polar surface area (TPSA) is 89.3 Å². The van der Waals surface area contributed by atoms with E-state index in [1.165, 1.54) is 12.1 Å². The molecule has 2 aromatic carbocycles. The van der Waals surface area contributed by atoms with E-state index in [1.807, 2.05) is 24.3 Å². The lowest BCUT2D eigenvalue weighted by Crippen LogP contribution is -2.46. The predicted molar refractivity (Wildman–Crippen MR) is 98.6 cm³/mol. The van der Waals surface area contributed by atoms with Crippen LogP contribution in [-0.4, -0.2) is 30.2 Å². The molecule has 0 aliphatic carbocycles. The van der Waals surface area contributed by atoms with Crippen LogP contribution in [-0.2, 0) is 0 Å². The van der Waals surface area contributed by atoms with Crippen LogP contribution < -0.4 is 21.1 Å². The molecule has 1 unspecified atom stereocenters. The molecule has 0 aliphatic rings. The molecule has 0 saturated carbocycles. The largest absolute Gasteiger partial charge is 0.491 e. The maximum Gasteiger partial charge on any atom is 0.319 e. The third-order valence-electron chi connectivity index (χ3n) is 3.80. The van der Waals surface area contributed by atoms with E-state index < -0.39 is 12.1 Å². The van der Waals surface area contributed by atoms with E-state index in [-0.39, 0.29) is 19.0 Å². The van der Waals surface area contributed by atoms with Crippen LogP contribution in [0.3, 0.4) is 0 Å². The van der Waals surface area contributed by atoms with Crippen molar-refractivity contribution in [1.29, 1.82) is 0 Å².